The van der Waals surface area contributed by atoms with Crippen molar-refractivity contribution < 1.29 is 9.53 Å². The summed E-state index contributed by atoms with van der Waals surface area (Å²) in [5.74, 6) is 0.999. The molecule has 4 nitrogen and oxygen atoms in total. The predicted octanol–water partition coefficient (Wildman–Crippen LogP) is 4.03. The Balaban J connectivity index is 1.39. The molecule has 3 aromatic rings. The van der Waals surface area contributed by atoms with Gasteiger partial charge in [0.05, 0.1) is 6.54 Å². The van der Waals surface area contributed by atoms with Gasteiger partial charge in [0.15, 0.2) is 0 Å². The summed E-state index contributed by atoms with van der Waals surface area (Å²) in [6, 6.07) is 17.9. The first-order chi connectivity index (χ1) is 12.2. The molecule has 0 aliphatic rings. The average molecular weight is 336 g/mol. The number of hydrogen-bond donors (Lipinski definition) is 1. The maximum absolute atomic E-state index is 12.2. The van der Waals surface area contributed by atoms with Crippen LogP contribution >= 0.6 is 0 Å². The van der Waals surface area contributed by atoms with Crippen LogP contribution in [0.15, 0.2) is 60.8 Å². The third kappa shape index (κ3) is 4.63. The van der Waals surface area contributed by atoms with Gasteiger partial charge in [0.2, 0.25) is 5.91 Å². The Morgan fingerprint density at radius 2 is 1.84 bits per heavy atom. The zero-order valence-corrected chi connectivity index (χ0v) is 14.6. The van der Waals surface area contributed by atoms with E-state index in [1.807, 2.05) is 55.7 Å². The number of aromatic nitrogens is 1. The topological polar surface area (TPSA) is 45.3 Å². The summed E-state index contributed by atoms with van der Waals surface area (Å²) in [5, 5.41) is 1.25. The monoisotopic (exact) mass is 336 g/mol. The van der Waals surface area contributed by atoms with Gasteiger partial charge in [-0.1, -0.05) is 36.4 Å². The van der Waals surface area contributed by atoms with E-state index in [2.05, 4.69) is 17.1 Å². The second-order valence-electron chi connectivity index (χ2n) is 6.19. The van der Waals surface area contributed by atoms with Crippen LogP contribution in [-0.2, 0) is 11.2 Å². The number of likely N-dealkylation sites (N-methyl/N-ethyl adjacent to an activating group) is 1. The number of aromatic amines is 1. The van der Waals surface area contributed by atoms with E-state index in [0.29, 0.717) is 19.6 Å². The third-order valence-corrected chi connectivity index (χ3v) is 4.38. The van der Waals surface area contributed by atoms with Crippen molar-refractivity contribution in [1.82, 2.24) is 9.88 Å². The fraction of sp³-hybridized carbons (Fsp3) is 0.286. The van der Waals surface area contributed by atoms with Crippen molar-refractivity contribution in [1.29, 1.82) is 0 Å². The van der Waals surface area contributed by atoms with Crippen LogP contribution in [0.3, 0.4) is 0 Å². The zero-order valence-electron chi connectivity index (χ0n) is 14.6. The third-order valence-electron chi connectivity index (χ3n) is 4.38. The van der Waals surface area contributed by atoms with E-state index < -0.39 is 0 Å². The number of benzene rings is 2. The Hall–Kier alpha value is -2.75. The first-order valence-electron chi connectivity index (χ1n) is 8.71. The van der Waals surface area contributed by atoms with Crippen LogP contribution in [-0.4, -0.2) is 36.0 Å². The van der Waals surface area contributed by atoms with Crippen LogP contribution in [0.25, 0.3) is 10.9 Å². The normalized spacial score (nSPS) is 10.8. The number of hydrogen-bond acceptors (Lipinski definition) is 2. The summed E-state index contributed by atoms with van der Waals surface area (Å²) < 4.78 is 5.64. The predicted molar refractivity (Wildman–Crippen MR) is 101 cm³/mol. The summed E-state index contributed by atoms with van der Waals surface area (Å²) in [5.41, 5.74) is 2.43. The van der Waals surface area contributed by atoms with Crippen molar-refractivity contribution in [3.8, 4) is 5.75 Å². The largest absolute Gasteiger partial charge is 0.492 e. The van der Waals surface area contributed by atoms with Gasteiger partial charge in [-0.05, 0) is 36.6 Å². The minimum absolute atomic E-state index is 0.163. The van der Waals surface area contributed by atoms with Gasteiger partial charge in [-0.3, -0.25) is 4.79 Å². The number of nitrogens with one attached hydrogen (secondary N) is 1. The van der Waals surface area contributed by atoms with E-state index in [0.717, 1.165) is 24.1 Å². The fourth-order valence-corrected chi connectivity index (χ4v) is 2.90. The second kappa shape index (κ2) is 8.38. The molecule has 0 unspecified atom stereocenters. The van der Waals surface area contributed by atoms with Crippen molar-refractivity contribution in [3.05, 3.63) is 66.4 Å². The molecule has 0 bridgehead atoms. The van der Waals surface area contributed by atoms with E-state index in [9.17, 15) is 4.79 Å². The molecule has 0 aliphatic carbocycles. The number of amides is 1. The molecule has 1 amide bonds. The summed E-state index contributed by atoms with van der Waals surface area (Å²) in [7, 11) is 1.84. The molecule has 0 saturated heterocycles. The van der Waals surface area contributed by atoms with Crippen LogP contribution in [0.2, 0.25) is 0 Å². The Kier molecular flexibility index (Phi) is 5.73. The van der Waals surface area contributed by atoms with Crippen LogP contribution < -0.4 is 4.74 Å². The van der Waals surface area contributed by atoms with E-state index in [4.69, 9.17) is 4.74 Å². The minimum atomic E-state index is 0.163. The highest BCUT2D eigenvalue weighted by Crippen LogP contribution is 2.19. The zero-order chi connectivity index (χ0) is 17.5. The summed E-state index contributed by atoms with van der Waals surface area (Å²) >= 11 is 0. The van der Waals surface area contributed by atoms with Crippen molar-refractivity contribution >= 4 is 16.8 Å². The summed E-state index contributed by atoms with van der Waals surface area (Å²) in [6.07, 6.45) is 4.36. The van der Waals surface area contributed by atoms with Crippen molar-refractivity contribution in [2.24, 2.45) is 0 Å². The highest BCUT2D eigenvalue weighted by atomic mass is 16.5. The first kappa shape index (κ1) is 17.1. The molecule has 0 aliphatic heterocycles. The van der Waals surface area contributed by atoms with Crippen LogP contribution in [0, 0.1) is 0 Å². The molecule has 1 heterocycles. The Morgan fingerprint density at radius 3 is 2.68 bits per heavy atom. The molecular formula is C21H24N2O2. The number of aryl methyl sites for hydroxylation is 1. The van der Waals surface area contributed by atoms with Crippen LogP contribution in [0.5, 0.6) is 5.75 Å². The molecule has 0 saturated carbocycles. The molecule has 0 fully saturated rings. The number of nitrogens with zero attached hydrogens (tertiary/aromatic N) is 1. The lowest BCUT2D eigenvalue weighted by molar-refractivity contribution is -0.130. The van der Waals surface area contributed by atoms with Gasteiger partial charge in [-0.2, -0.15) is 0 Å². The van der Waals surface area contributed by atoms with Crippen LogP contribution in [0.4, 0.5) is 0 Å². The van der Waals surface area contributed by atoms with Gasteiger partial charge < -0.3 is 14.6 Å². The van der Waals surface area contributed by atoms with Gasteiger partial charge in [-0.15, -0.1) is 0 Å². The maximum Gasteiger partial charge on any atom is 0.222 e. The number of para-hydroxylation sites is 2. The minimum Gasteiger partial charge on any atom is -0.492 e. The van der Waals surface area contributed by atoms with Gasteiger partial charge in [0.25, 0.3) is 0 Å². The van der Waals surface area contributed by atoms with Crippen LogP contribution in [0.1, 0.15) is 18.4 Å². The molecule has 25 heavy (non-hydrogen) atoms. The lowest BCUT2D eigenvalue weighted by Crippen LogP contribution is -2.30. The van der Waals surface area contributed by atoms with Crippen molar-refractivity contribution in [2.75, 3.05) is 20.2 Å². The molecule has 0 atom stereocenters. The molecule has 3 rings (SSSR count). The van der Waals surface area contributed by atoms with E-state index in [1.165, 1.54) is 10.9 Å². The SMILES string of the molecule is CN(CCOc1ccccc1)C(=O)CCCc1c[nH]c2ccccc12. The molecule has 1 aromatic heterocycles. The second-order valence-corrected chi connectivity index (χ2v) is 6.19. The summed E-state index contributed by atoms with van der Waals surface area (Å²) in [4.78, 5) is 17.3. The van der Waals surface area contributed by atoms with Gasteiger partial charge >= 0.3 is 0 Å². The smallest absolute Gasteiger partial charge is 0.222 e. The fourth-order valence-electron chi connectivity index (χ4n) is 2.90. The maximum atomic E-state index is 12.2. The number of H-pyrrole nitrogens is 1. The highest BCUT2D eigenvalue weighted by Gasteiger charge is 2.10. The number of fused-ring (bicyclic) bond motifs is 1. The van der Waals surface area contributed by atoms with E-state index in [-0.39, 0.29) is 5.91 Å². The average Bonchev–Trinajstić information content (AvgIpc) is 3.06. The lowest BCUT2D eigenvalue weighted by Gasteiger charge is -2.17. The number of carbonyl (C=O) groups is 1. The highest BCUT2D eigenvalue weighted by molar-refractivity contribution is 5.83. The van der Waals surface area contributed by atoms with Crippen molar-refractivity contribution in [2.45, 2.75) is 19.3 Å². The molecule has 0 spiro atoms. The summed E-state index contributed by atoms with van der Waals surface area (Å²) in [6.45, 7) is 1.11. The number of carbonyl (C=O) groups excluding carboxylic acids is 1. The van der Waals surface area contributed by atoms with Gasteiger partial charge in [0, 0.05) is 30.6 Å². The Bertz CT molecular complexity index is 811. The molecule has 0 radical (unpaired) electrons. The van der Waals surface area contributed by atoms with E-state index >= 15 is 0 Å². The molecule has 4 heteroatoms. The number of ether oxygens (including phenoxy) is 1. The van der Waals surface area contributed by atoms with Gasteiger partial charge in [-0.25, -0.2) is 0 Å². The molecule has 1 N–H and O–H groups in total. The first-order valence-corrected chi connectivity index (χ1v) is 8.71. The molecule has 130 valence electrons. The molecular weight excluding hydrogens is 312 g/mol. The van der Waals surface area contributed by atoms with E-state index in [1.54, 1.807) is 4.90 Å². The van der Waals surface area contributed by atoms with Gasteiger partial charge in [0.1, 0.15) is 12.4 Å². The standard InChI is InChI=1S/C21H24N2O2/c1-23(14-15-25-18-9-3-2-4-10-18)21(24)13-7-8-17-16-22-20-12-6-5-11-19(17)20/h2-6,9-12,16,22H,7-8,13-15H2,1H3. The van der Waals surface area contributed by atoms with Crippen molar-refractivity contribution in [3.63, 3.8) is 0 Å². The lowest BCUT2D eigenvalue weighted by atomic mass is 10.1. The molecule has 2 aromatic carbocycles. The number of rotatable bonds is 8. The Labute approximate surface area is 148 Å². The quantitative estimate of drug-likeness (QED) is 0.675. The Morgan fingerprint density at radius 1 is 1.08 bits per heavy atom.